The molecule has 6 rings (SSSR count). The minimum Gasteiger partial charge on any atom is -0.478 e. The highest BCUT2D eigenvalue weighted by Crippen LogP contribution is 2.49. The summed E-state index contributed by atoms with van der Waals surface area (Å²) in [5, 5.41) is 14.0. The molecule has 0 bridgehead atoms. The smallest absolute Gasteiger partial charge is 0.339 e. The van der Waals surface area contributed by atoms with Gasteiger partial charge >= 0.3 is 5.97 Å². The lowest BCUT2D eigenvalue weighted by molar-refractivity contribution is 0.0680. The van der Waals surface area contributed by atoms with Crippen LogP contribution in [0.1, 0.15) is 47.8 Å². The van der Waals surface area contributed by atoms with E-state index in [9.17, 15) is 27.5 Å². The molecule has 3 fully saturated rings. The Hall–Kier alpha value is -3.31. The molecule has 7 nitrogen and oxygen atoms in total. The molecule has 3 heterocycles. The van der Waals surface area contributed by atoms with E-state index in [1.165, 1.54) is 4.68 Å². The van der Waals surface area contributed by atoms with Gasteiger partial charge in [-0.25, -0.2) is 22.4 Å². The number of rotatable bonds is 8. The number of carboxylic acid groups (broad SMARTS) is 1. The standard InChI is InChI=1S/C30H32ClF4N5O2/c31-21-5-8-24(19-3-6-22(7-4-19)38-12-10-37(11-13-38)17-20-15-30(20,34)35)26(14-21)39-9-1-2-23(18-39)40-27(28(32)33)25(16-36-40)29(41)42/h3-8,14,16,20,23,28H,1-2,9-13,15,17-18H2,(H,41,42). The van der Waals surface area contributed by atoms with Gasteiger partial charge in [0.15, 0.2) is 0 Å². The van der Waals surface area contributed by atoms with Crippen LogP contribution < -0.4 is 9.80 Å². The molecule has 1 saturated carbocycles. The average molecular weight is 606 g/mol. The topological polar surface area (TPSA) is 64.8 Å². The first-order valence-electron chi connectivity index (χ1n) is 14.2. The Morgan fingerprint density at radius 2 is 1.76 bits per heavy atom. The van der Waals surface area contributed by atoms with Crippen LogP contribution in [0.5, 0.6) is 0 Å². The summed E-state index contributed by atoms with van der Waals surface area (Å²) in [7, 11) is 0. The number of anilines is 2. The number of aromatic carboxylic acids is 1. The van der Waals surface area contributed by atoms with E-state index in [1.807, 2.05) is 30.3 Å². The zero-order valence-corrected chi connectivity index (χ0v) is 23.7. The van der Waals surface area contributed by atoms with Crippen molar-refractivity contribution in [2.45, 2.75) is 37.7 Å². The molecule has 12 heteroatoms. The lowest BCUT2D eigenvalue weighted by Crippen LogP contribution is -2.47. The van der Waals surface area contributed by atoms with Crippen molar-refractivity contribution < 1.29 is 27.5 Å². The number of aromatic nitrogens is 2. The number of nitrogens with zero attached hydrogens (tertiary/aromatic N) is 5. The lowest BCUT2D eigenvalue weighted by Gasteiger charge is -2.37. The third kappa shape index (κ3) is 5.81. The van der Waals surface area contributed by atoms with Crippen LogP contribution in [-0.4, -0.2) is 77.5 Å². The molecule has 3 aliphatic rings. The van der Waals surface area contributed by atoms with E-state index in [0.717, 1.165) is 54.9 Å². The van der Waals surface area contributed by atoms with Crippen molar-refractivity contribution in [2.75, 3.05) is 55.6 Å². The van der Waals surface area contributed by atoms with Crippen LogP contribution in [-0.2, 0) is 0 Å². The third-order valence-corrected chi connectivity index (χ3v) is 8.90. The van der Waals surface area contributed by atoms with Gasteiger partial charge in [0.25, 0.3) is 12.3 Å². The van der Waals surface area contributed by atoms with E-state index < -0.39 is 41.5 Å². The highest BCUT2D eigenvalue weighted by molar-refractivity contribution is 6.31. The molecule has 1 N–H and O–H groups in total. The largest absolute Gasteiger partial charge is 0.478 e. The summed E-state index contributed by atoms with van der Waals surface area (Å²) in [6, 6.07) is 13.4. The number of hydrogen-bond donors (Lipinski definition) is 1. The second-order valence-corrected chi connectivity index (χ2v) is 11.8. The van der Waals surface area contributed by atoms with Crippen LogP contribution in [0.4, 0.5) is 28.9 Å². The van der Waals surface area contributed by atoms with Crippen molar-refractivity contribution in [3.8, 4) is 11.1 Å². The summed E-state index contributed by atoms with van der Waals surface area (Å²) in [4.78, 5) is 18.0. The molecule has 42 heavy (non-hydrogen) atoms. The van der Waals surface area contributed by atoms with Gasteiger partial charge in [-0.05, 0) is 42.7 Å². The molecular formula is C30H32ClF4N5O2. The fourth-order valence-electron chi connectivity index (χ4n) is 6.25. The molecule has 2 aliphatic heterocycles. The number of halogens is 5. The first kappa shape index (κ1) is 28.8. The molecule has 2 saturated heterocycles. The Balaban J connectivity index is 1.18. The van der Waals surface area contributed by atoms with Gasteiger partial charge in [0, 0.05) is 80.1 Å². The first-order chi connectivity index (χ1) is 20.1. The molecule has 224 valence electrons. The predicted octanol–water partition coefficient (Wildman–Crippen LogP) is 6.46. The summed E-state index contributed by atoms with van der Waals surface area (Å²) in [6.45, 7) is 4.58. The molecular weight excluding hydrogens is 574 g/mol. The monoisotopic (exact) mass is 605 g/mol. The van der Waals surface area contributed by atoms with Crippen LogP contribution in [0.15, 0.2) is 48.7 Å². The summed E-state index contributed by atoms with van der Waals surface area (Å²) in [6.07, 6.45) is -0.644. The fraction of sp³-hybridized carbons (Fsp3) is 0.467. The maximum atomic E-state index is 13.9. The van der Waals surface area contributed by atoms with E-state index in [4.69, 9.17) is 11.6 Å². The van der Waals surface area contributed by atoms with Crippen molar-refractivity contribution in [3.05, 3.63) is 64.9 Å². The Bertz CT molecular complexity index is 1440. The van der Waals surface area contributed by atoms with Crippen molar-refractivity contribution in [3.63, 3.8) is 0 Å². The summed E-state index contributed by atoms with van der Waals surface area (Å²) in [5.41, 5.74) is 2.81. The van der Waals surface area contributed by atoms with Crippen LogP contribution in [0.25, 0.3) is 11.1 Å². The number of carboxylic acids is 1. The van der Waals surface area contributed by atoms with E-state index >= 15 is 0 Å². The number of piperazine rings is 1. The van der Waals surface area contributed by atoms with Gasteiger partial charge in [-0.2, -0.15) is 5.10 Å². The van der Waals surface area contributed by atoms with E-state index in [1.54, 1.807) is 0 Å². The van der Waals surface area contributed by atoms with Gasteiger partial charge in [-0.3, -0.25) is 9.58 Å². The molecule has 2 atom stereocenters. The second kappa shape index (κ2) is 11.4. The molecule has 0 spiro atoms. The van der Waals surface area contributed by atoms with Crippen LogP contribution in [0.3, 0.4) is 0 Å². The molecule has 2 unspecified atom stereocenters. The van der Waals surface area contributed by atoms with Crippen LogP contribution in [0.2, 0.25) is 5.02 Å². The number of hydrogen-bond acceptors (Lipinski definition) is 5. The lowest BCUT2D eigenvalue weighted by atomic mass is 9.99. The Labute approximate surface area is 246 Å². The molecule has 3 aromatic rings. The Morgan fingerprint density at radius 1 is 1.05 bits per heavy atom. The SMILES string of the molecule is O=C(O)c1cnn(C2CCCN(c3cc(Cl)ccc3-c3ccc(N4CCN(CC5CC5(F)F)CC4)cc3)C2)c1C(F)F. The first-order valence-corrected chi connectivity index (χ1v) is 14.6. The Morgan fingerprint density at radius 3 is 2.40 bits per heavy atom. The number of carbonyl (C=O) groups is 1. The van der Waals surface area contributed by atoms with E-state index in [2.05, 4.69) is 31.9 Å². The predicted molar refractivity (Wildman–Crippen MR) is 153 cm³/mol. The molecule has 1 aliphatic carbocycles. The number of piperidine rings is 1. The summed E-state index contributed by atoms with van der Waals surface area (Å²) < 4.78 is 55.5. The summed E-state index contributed by atoms with van der Waals surface area (Å²) in [5.74, 6) is -4.41. The number of alkyl halides is 4. The van der Waals surface area contributed by atoms with Crippen LogP contribution >= 0.6 is 11.6 Å². The summed E-state index contributed by atoms with van der Waals surface area (Å²) >= 11 is 6.41. The maximum absolute atomic E-state index is 13.9. The van der Waals surface area contributed by atoms with E-state index in [0.29, 0.717) is 37.5 Å². The van der Waals surface area contributed by atoms with Gasteiger partial charge in [-0.1, -0.05) is 29.8 Å². The number of benzene rings is 2. The minimum atomic E-state index is -2.96. The quantitative estimate of drug-likeness (QED) is 0.298. The maximum Gasteiger partial charge on any atom is 0.339 e. The zero-order valence-electron chi connectivity index (χ0n) is 22.9. The minimum absolute atomic E-state index is 0.00504. The van der Waals surface area contributed by atoms with E-state index in [-0.39, 0.29) is 6.42 Å². The van der Waals surface area contributed by atoms with Crippen molar-refractivity contribution in [2.24, 2.45) is 5.92 Å². The molecule has 1 aromatic heterocycles. The van der Waals surface area contributed by atoms with Gasteiger partial charge in [0.05, 0.1) is 12.2 Å². The van der Waals surface area contributed by atoms with Crippen LogP contribution in [0, 0.1) is 5.92 Å². The van der Waals surface area contributed by atoms with Gasteiger partial charge < -0.3 is 14.9 Å². The highest BCUT2D eigenvalue weighted by Gasteiger charge is 2.57. The van der Waals surface area contributed by atoms with Crippen molar-refractivity contribution in [1.29, 1.82) is 0 Å². The zero-order chi connectivity index (χ0) is 29.6. The molecule has 0 radical (unpaired) electrons. The molecule has 0 amide bonds. The van der Waals surface area contributed by atoms with Gasteiger partial charge in [0.2, 0.25) is 0 Å². The third-order valence-electron chi connectivity index (χ3n) is 8.66. The van der Waals surface area contributed by atoms with Crippen molar-refractivity contribution >= 4 is 28.9 Å². The Kier molecular flexibility index (Phi) is 7.82. The normalized spacial score (nSPS) is 22.5. The van der Waals surface area contributed by atoms with Gasteiger partial charge in [-0.15, -0.1) is 0 Å². The average Bonchev–Trinajstić information content (AvgIpc) is 3.35. The van der Waals surface area contributed by atoms with Crippen molar-refractivity contribution in [1.82, 2.24) is 14.7 Å². The molecule has 2 aromatic carbocycles. The second-order valence-electron chi connectivity index (χ2n) is 11.4. The van der Waals surface area contributed by atoms with Gasteiger partial charge in [0.1, 0.15) is 11.3 Å². The highest BCUT2D eigenvalue weighted by atomic mass is 35.5. The fourth-order valence-corrected chi connectivity index (χ4v) is 6.41.